The van der Waals surface area contributed by atoms with Crippen molar-refractivity contribution in [3.8, 4) is 0 Å². The van der Waals surface area contributed by atoms with Crippen LogP contribution in [-0.4, -0.2) is 22.9 Å². The summed E-state index contributed by atoms with van der Waals surface area (Å²) in [5.41, 5.74) is -2.45. The molecule has 2 rings (SSSR count). The average molecular weight is 382 g/mol. The van der Waals surface area contributed by atoms with Crippen molar-refractivity contribution in [1.82, 2.24) is 0 Å². The van der Waals surface area contributed by atoms with Gasteiger partial charge in [-0.2, -0.15) is 13.2 Å². The van der Waals surface area contributed by atoms with Crippen LogP contribution in [0.4, 0.5) is 24.5 Å². The van der Waals surface area contributed by atoms with Crippen LogP contribution in [0.15, 0.2) is 48.5 Å². The zero-order valence-corrected chi connectivity index (χ0v) is 13.8. The van der Waals surface area contributed by atoms with E-state index in [9.17, 15) is 32.9 Å². The number of ether oxygens (including phenoxy) is 1. The van der Waals surface area contributed by atoms with Crippen LogP contribution in [0.25, 0.3) is 0 Å². The summed E-state index contributed by atoms with van der Waals surface area (Å²) in [5.74, 6) is -2.16. The number of esters is 1. The van der Waals surface area contributed by atoms with Gasteiger partial charge in [-0.15, -0.1) is 0 Å². The Kier molecular flexibility index (Phi) is 5.78. The molecule has 0 bridgehead atoms. The molecule has 27 heavy (non-hydrogen) atoms. The number of amides is 1. The fourth-order valence-corrected chi connectivity index (χ4v) is 2.16. The molecule has 0 aromatic heterocycles. The molecule has 2 aromatic carbocycles. The molecule has 0 spiro atoms. The van der Waals surface area contributed by atoms with Crippen LogP contribution in [0.5, 0.6) is 0 Å². The number of halogens is 3. The van der Waals surface area contributed by atoms with Gasteiger partial charge in [0.2, 0.25) is 0 Å². The van der Waals surface area contributed by atoms with E-state index in [0.717, 1.165) is 37.3 Å². The molecule has 0 aliphatic heterocycles. The molecule has 10 heteroatoms. The molecule has 1 amide bonds. The molecule has 0 saturated heterocycles. The highest BCUT2D eigenvalue weighted by Crippen LogP contribution is 2.34. The number of anilines is 1. The van der Waals surface area contributed by atoms with Crippen molar-refractivity contribution in [2.75, 3.05) is 5.32 Å². The van der Waals surface area contributed by atoms with Crippen molar-refractivity contribution < 1.29 is 32.4 Å². The Hall–Kier alpha value is -3.43. The Morgan fingerprint density at radius 2 is 1.70 bits per heavy atom. The first-order chi connectivity index (χ1) is 12.6. The van der Waals surface area contributed by atoms with E-state index in [1.54, 1.807) is 0 Å². The third-order valence-electron chi connectivity index (χ3n) is 3.46. The van der Waals surface area contributed by atoms with Crippen molar-refractivity contribution in [2.24, 2.45) is 0 Å². The van der Waals surface area contributed by atoms with E-state index in [0.29, 0.717) is 0 Å². The molecular formula is C17H13F3N2O5. The second kappa shape index (κ2) is 7.85. The molecule has 0 unspecified atom stereocenters. The second-order valence-electron chi connectivity index (χ2n) is 5.35. The van der Waals surface area contributed by atoms with Crippen LogP contribution < -0.4 is 5.32 Å². The highest BCUT2D eigenvalue weighted by molar-refractivity contribution is 5.99. The lowest BCUT2D eigenvalue weighted by atomic mass is 10.1. The number of carbonyl (C=O) groups excluding carboxylic acids is 2. The Bertz CT molecular complexity index is 883. The molecule has 142 valence electrons. The van der Waals surface area contributed by atoms with E-state index in [-0.39, 0.29) is 5.56 Å². The lowest BCUT2D eigenvalue weighted by Crippen LogP contribution is -2.31. The number of alkyl halides is 3. The molecule has 0 aliphatic rings. The fraction of sp³-hybridized carbons (Fsp3) is 0.176. The standard InChI is InChI=1S/C17H13F3N2O5/c1-10(27-16(24)11-6-2-5-9-14(11)22(25)26)15(23)21-13-8-4-3-7-12(13)17(18,19)20/h2-10H,1H3,(H,21,23)/t10-/m1/s1. The van der Waals surface area contributed by atoms with Crippen molar-refractivity contribution in [3.05, 3.63) is 69.8 Å². The molecule has 0 aliphatic carbocycles. The van der Waals surface area contributed by atoms with Crippen molar-refractivity contribution in [3.63, 3.8) is 0 Å². The maximum atomic E-state index is 13.0. The van der Waals surface area contributed by atoms with Gasteiger partial charge in [-0.1, -0.05) is 24.3 Å². The summed E-state index contributed by atoms with van der Waals surface area (Å²) >= 11 is 0. The monoisotopic (exact) mass is 382 g/mol. The number of rotatable bonds is 5. The summed E-state index contributed by atoms with van der Waals surface area (Å²) in [5, 5.41) is 13.0. The molecule has 0 heterocycles. The zero-order chi connectivity index (χ0) is 20.2. The largest absolute Gasteiger partial charge is 0.449 e. The normalized spacial score (nSPS) is 12.1. The summed E-state index contributed by atoms with van der Waals surface area (Å²) < 4.78 is 43.7. The van der Waals surface area contributed by atoms with E-state index >= 15 is 0 Å². The Morgan fingerprint density at radius 1 is 1.11 bits per heavy atom. The van der Waals surface area contributed by atoms with Crippen LogP contribution in [-0.2, 0) is 15.7 Å². The van der Waals surface area contributed by atoms with E-state index in [4.69, 9.17) is 4.74 Å². The predicted octanol–water partition coefficient (Wildman–Crippen LogP) is 3.80. The first kappa shape index (κ1) is 19.9. The van der Waals surface area contributed by atoms with Gasteiger partial charge in [-0.25, -0.2) is 4.79 Å². The number of carbonyl (C=O) groups is 2. The number of hydrogen-bond acceptors (Lipinski definition) is 5. The first-order valence-electron chi connectivity index (χ1n) is 7.52. The van der Waals surface area contributed by atoms with Gasteiger partial charge in [-0.3, -0.25) is 14.9 Å². The van der Waals surface area contributed by atoms with Crippen LogP contribution in [0.1, 0.15) is 22.8 Å². The number of nitrogens with one attached hydrogen (secondary N) is 1. The maximum Gasteiger partial charge on any atom is 0.418 e. The molecule has 0 radical (unpaired) electrons. The van der Waals surface area contributed by atoms with E-state index in [1.165, 1.54) is 18.2 Å². The fourth-order valence-electron chi connectivity index (χ4n) is 2.16. The minimum absolute atomic E-state index is 0.377. The summed E-state index contributed by atoms with van der Waals surface area (Å²) in [4.78, 5) is 34.3. The highest BCUT2D eigenvalue weighted by Gasteiger charge is 2.34. The summed E-state index contributed by atoms with van der Waals surface area (Å²) in [6, 6.07) is 9.25. The van der Waals surface area contributed by atoms with Crippen LogP contribution >= 0.6 is 0 Å². The number of nitro groups is 1. The quantitative estimate of drug-likeness (QED) is 0.482. The van der Waals surface area contributed by atoms with Crippen LogP contribution in [0.3, 0.4) is 0 Å². The van der Waals surface area contributed by atoms with Gasteiger partial charge in [0.1, 0.15) is 5.56 Å². The van der Waals surface area contributed by atoms with Gasteiger partial charge in [0.15, 0.2) is 6.10 Å². The Balaban J connectivity index is 2.14. The van der Waals surface area contributed by atoms with Crippen LogP contribution in [0.2, 0.25) is 0 Å². The molecule has 2 aromatic rings. The van der Waals surface area contributed by atoms with E-state index in [1.807, 2.05) is 5.32 Å². The molecule has 1 atom stereocenters. The van der Waals surface area contributed by atoms with Crippen molar-refractivity contribution in [2.45, 2.75) is 19.2 Å². The van der Waals surface area contributed by atoms with E-state index < -0.39 is 46.0 Å². The van der Waals surface area contributed by atoms with Crippen molar-refractivity contribution >= 4 is 23.3 Å². The van der Waals surface area contributed by atoms with Gasteiger partial charge in [-0.05, 0) is 25.1 Å². The lowest BCUT2D eigenvalue weighted by Gasteiger charge is -2.16. The summed E-state index contributed by atoms with van der Waals surface area (Å²) in [7, 11) is 0. The van der Waals surface area contributed by atoms with E-state index in [2.05, 4.69) is 0 Å². The number of hydrogen-bond donors (Lipinski definition) is 1. The predicted molar refractivity (Wildman–Crippen MR) is 88.0 cm³/mol. The maximum absolute atomic E-state index is 13.0. The number of para-hydroxylation sites is 2. The van der Waals surface area contributed by atoms with Gasteiger partial charge in [0, 0.05) is 6.07 Å². The topological polar surface area (TPSA) is 98.5 Å². The van der Waals surface area contributed by atoms with Gasteiger partial charge in [0.05, 0.1) is 16.2 Å². The first-order valence-corrected chi connectivity index (χ1v) is 7.52. The molecule has 0 fully saturated rings. The minimum atomic E-state index is -4.69. The minimum Gasteiger partial charge on any atom is -0.449 e. The van der Waals surface area contributed by atoms with Gasteiger partial charge in [0.25, 0.3) is 11.6 Å². The number of benzene rings is 2. The molecule has 7 nitrogen and oxygen atoms in total. The SMILES string of the molecule is C[C@@H](OC(=O)c1ccccc1[N+](=O)[O-])C(=O)Nc1ccccc1C(F)(F)F. The molecular weight excluding hydrogens is 369 g/mol. The smallest absolute Gasteiger partial charge is 0.418 e. The average Bonchev–Trinajstić information content (AvgIpc) is 2.61. The summed E-state index contributed by atoms with van der Waals surface area (Å²) in [6.07, 6.45) is -6.17. The zero-order valence-electron chi connectivity index (χ0n) is 13.8. The Labute approximate surface area is 150 Å². The van der Waals surface area contributed by atoms with Crippen LogP contribution in [0, 0.1) is 10.1 Å². The second-order valence-corrected chi connectivity index (χ2v) is 5.35. The molecule has 1 N–H and O–H groups in total. The highest BCUT2D eigenvalue weighted by atomic mass is 19.4. The molecule has 0 saturated carbocycles. The number of nitrogens with zero attached hydrogens (tertiary/aromatic N) is 1. The van der Waals surface area contributed by atoms with Crippen molar-refractivity contribution in [1.29, 1.82) is 0 Å². The van der Waals surface area contributed by atoms with Gasteiger partial charge >= 0.3 is 12.1 Å². The Morgan fingerprint density at radius 3 is 2.33 bits per heavy atom. The number of nitro benzene ring substituents is 1. The third kappa shape index (κ3) is 4.81. The summed E-state index contributed by atoms with van der Waals surface area (Å²) in [6.45, 7) is 1.14. The lowest BCUT2D eigenvalue weighted by molar-refractivity contribution is -0.385. The third-order valence-corrected chi connectivity index (χ3v) is 3.46. The van der Waals surface area contributed by atoms with Gasteiger partial charge < -0.3 is 10.1 Å².